The van der Waals surface area contributed by atoms with Gasteiger partial charge in [-0.05, 0) is 61.3 Å². The number of benzene rings is 1. The largest absolute Gasteiger partial charge is 0.417 e. The quantitative estimate of drug-likeness (QED) is 0.289. The SMILES string of the molecule is FC(F)(F)c1ccccc1-c1noc(C2CC2)c1C1=CC2(CCN(c3nc4cccnc4s3)CC2)C1. The molecule has 3 aromatic heterocycles. The van der Waals surface area contributed by atoms with Crippen LogP contribution in [0, 0.1) is 5.41 Å². The molecule has 9 heteroatoms. The third-order valence-corrected chi connectivity index (χ3v) is 8.72. The van der Waals surface area contributed by atoms with Crippen LogP contribution in [0.1, 0.15) is 54.9 Å². The zero-order chi connectivity index (χ0) is 24.5. The number of piperidine rings is 1. The maximum atomic E-state index is 13.8. The lowest BCUT2D eigenvalue weighted by Gasteiger charge is -2.46. The molecule has 1 aromatic carbocycles. The van der Waals surface area contributed by atoms with Crippen LogP contribution in [0.2, 0.25) is 0 Å². The standard InChI is InChI=1S/C27H23F3N4OS/c28-27(29,30)19-5-2-1-4-18(19)22-21(23(35-33-22)16-7-8-16)17-14-26(15-17)9-12-34(13-10-26)25-32-20-6-3-11-31-24(20)36-25/h1-6,11,14,16H,7-10,12-13,15H2. The highest BCUT2D eigenvalue weighted by atomic mass is 32.1. The molecule has 0 bridgehead atoms. The van der Waals surface area contributed by atoms with Crippen molar-refractivity contribution in [1.29, 1.82) is 0 Å². The summed E-state index contributed by atoms with van der Waals surface area (Å²) >= 11 is 1.62. The summed E-state index contributed by atoms with van der Waals surface area (Å²) in [5.41, 5.74) is 2.61. The zero-order valence-electron chi connectivity index (χ0n) is 19.4. The number of pyridine rings is 1. The van der Waals surface area contributed by atoms with E-state index in [4.69, 9.17) is 9.51 Å². The zero-order valence-corrected chi connectivity index (χ0v) is 20.2. The van der Waals surface area contributed by atoms with Crippen LogP contribution in [0.15, 0.2) is 53.2 Å². The maximum Gasteiger partial charge on any atom is 0.417 e. The van der Waals surface area contributed by atoms with Gasteiger partial charge in [0.1, 0.15) is 21.8 Å². The van der Waals surface area contributed by atoms with Gasteiger partial charge in [0.15, 0.2) is 5.13 Å². The number of alkyl halides is 3. The summed E-state index contributed by atoms with van der Waals surface area (Å²) in [6.45, 7) is 1.79. The number of aromatic nitrogens is 3. The highest BCUT2D eigenvalue weighted by Gasteiger charge is 2.45. The van der Waals surface area contributed by atoms with Crippen LogP contribution < -0.4 is 4.90 Å². The Morgan fingerprint density at radius 1 is 1.06 bits per heavy atom. The van der Waals surface area contributed by atoms with Gasteiger partial charge in [0.2, 0.25) is 0 Å². The normalized spacial score (nSPS) is 19.5. The Morgan fingerprint density at radius 2 is 1.83 bits per heavy atom. The van der Waals surface area contributed by atoms with E-state index in [9.17, 15) is 13.2 Å². The van der Waals surface area contributed by atoms with Crippen LogP contribution in [0.25, 0.3) is 27.2 Å². The van der Waals surface area contributed by atoms with E-state index < -0.39 is 11.7 Å². The molecule has 1 aliphatic heterocycles. The summed E-state index contributed by atoms with van der Waals surface area (Å²) < 4.78 is 47.1. The molecule has 0 N–H and O–H groups in total. The number of anilines is 1. The van der Waals surface area contributed by atoms with Crippen molar-refractivity contribution in [2.24, 2.45) is 5.41 Å². The number of fused-ring (bicyclic) bond motifs is 1. The second kappa shape index (κ2) is 7.90. The second-order valence-corrected chi connectivity index (χ2v) is 11.1. The predicted octanol–water partition coefficient (Wildman–Crippen LogP) is 7.32. The van der Waals surface area contributed by atoms with Gasteiger partial charge in [-0.3, -0.25) is 0 Å². The molecule has 0 unspecified atom stereocenters. The predicted molar refractivity (Wildman–Crippen MR) is 133 cm³/mol. The van der Waals surface area contributed by atoms with E-state index in [1.807, 2.05) is 12.1 Å². The molecular weight excluding hydrogens is 485 g/mol. The minimum Gasteiger partial charge on any atom is -0.360 e. The summed E-state index contributed by atoms with van der Waals surface area (Å²) in [5, 5.41) is 5.20. The van der Waals surface area contributed by atoms with Gasteiger partial charge >= 0.3 is 6.18 Å². The van der Waals surface area contributed by atoms with Crippen LogP contribution in [0.3, 0.4) is 0 Å². The van der Waals surface area contributed by atoms with Crippen molar-refractivity contribution < 1.29 is 17.7 Å². The molecule has 1 saturated heterocycles. The number of hydrogen-bond donors (Lipinski definition) is 0. The average Bonchev–Trinajstić information content (AvgIpc) is 3.45. The van der Waals surface area contributed by atoms with Crippen molar-refractivity contribution in [2.75, 3.05) is 18.0 Å². The van der Waals surface area contributed by atoms with Crippen molar-refractivity contribution in [3.63, 3.8) is 0 Å². The van der Waals surface area contributed by atoms with Crippen LogP contribution >= 0.6 is 11.3 Å². The number of allylic oxidation sites excluding steroid dienone is 2. The summed E-state index contributed by atoms with van der Waals surface area (Å²) in [5.74, 6) is 1.01. The van der Waals surface area contributed by atoms with E-state index in [0.717, 1.165) is 83.6 Å². The van der Waals surface area contributed by atoms with Gasteiger partial charge in [0.05, 0.1) is 5.56 Å². The van der Waals surface area contributed by atoms with Crippen LogP contribution in [-0.4, -0.2) is 28.2 Å². The number of thiazole rings is 1. The molecular formula is C27H23F3N4OS. The monoisotopic (exact) mass is 508 g/mol. The van der Waals surface area contributed by atoms with Gasteiger partial charge < -0.3 is 9.42 Å². The van der Waals surface area contributed by atoms with Gasteiger partial charge in [-0.15, -0.1) is 0 Å². The first-order chi connectivity index (χ1) is 17.4. The highest BCUT2D eigenvalue weighted by molar-refractivity contribution is 7.21. The molecule has 5 nitrogen and oxygen atoms in total. The van der Waals surface area contributed by atoms with Crippen LogP contribution in [0.5, 0.6) is 0 Å². The number of hydrogen-bond acceptors (Lipinski definition) is 6. The fourth-order valence-electron chi connectivity index (χ4n) is 5.60. The lowest BCUT2D eigenvalue weighted by molar-refractivity contribution is -0.137. The molecule has 4 aromatic rings. The van der Waals surface area contributed by atoms with Crippen molar-refractivity contribution in [3.8, 4) is 11.3 Å². The van der Waals surface area contributed by atoms with E-state index in [1.165, 1.54) is 12.1 Å². The number of rotatable bonds is 4. The Balaban J connectivity index is 1.17. The summed E-state index contributed by atoms with van der Waals surface area (Å²) in [7, 11) is 0. The fourth-order valence-corrected chi connectivity index (χ4v) is 6.56. The first-order valence-electron chi connectivity index (χ1n) is 12.3. The number of nitrogens with zero attached hydrogens (tertiary/aromatic N) is 4. The van der Waals surface area contributed by atoms with Crippen molar-refractivity contribution in [2.45, 2.75) is 44.2 Å². The Bertz CT molecular complexity index is 1460. The second-order valence-electron chi connectivity index (χ2n) is 10.1. The molecule has 1 spiro atoms. The van der Waals surface area contributed by atoms with E-state index in [2.05, 4.69) is 21.1 Å². The molecule has 2 aliphatic carbocycles. The van der Waals surface area contributed by atoms with Gasteiger partial charge in [-0.25, -0.2) is 9.97 Å². The number of halogens is 3. The van der Waals surface area contributed by atoms with Gasteiger partial charge in [-0.2, -0.15) is 13.2 Å². The molecule has 1 saturated carbocycles. The summed E-state index contributed by atoms with van der Waals surface area (Å²) in [6.07, 6.45) is 4.41. The minimum absolute atomic E-state index is 0.0691. The molecule has 0 amide bonds. The lowest BCUT2D eigenvalue weighted by atomic mass is 9.63. The first kappa shape index (κ1) is 22.0. The molecule has 0 radical (unpaired) electrons. The van der Waals surface area contributed by atoms with Gasteiger partial charge in [0.25, 0.3) is 0 Å². The maximum absolute atomic E-state index is 13.8. The fraction of sp³-hybridized carbons (Fsp3) is 0.370. The van der Waals surface area contributed by atoms with E-state index in [-0.39, 0.29) is 16.9 Å². The molecule has 4 heterocycles. The van der Waals surface area contributed by atoms with Gasteiger partial charge in [-0.1, -0.05) is 40.8 Å². The Morgan fingerprint density at radius 3 is 2.56 bits per heavy atom. The summed E-state index contributed by atoms with van der Waals surface area (Å²) in [4.78, 5) is 12.4. The Hall–Kier alpha value is -3.20. The highest BCUT2D eigenvalue weighted by Crippen LogP contribution is 2.56. The van der Waals surface area contributed by atoms with Crippen molar-refractivity contribution >= 4 is 32.4 Å². The topological polar surface area (TPSA) is 55.1 Å². The Labute approximate surface area is 209 Å². The van der Waals surface area contributed by atoms with Crippen LogP contribution in [0.4, 0.5) is 18.3 Å². The lowest BCUT2D eigenvalue weighted by Crippen LogP contribution is -2.42. The van der Waals surface area contributed by atoms with Gasteiger partial charge in [0, 0.05) is 36.3 Å². The molecule has 2 fully saturated rings. The van der Waals surface area contributed by atoms with Crippen LogP contribution in [-0.2, 0) is 6.18 Å². The summed E-state index contributed by atoms with van der Waals surface area (Å²) in [6, 6.07) is 9.56. The van der Waals surface area contributed by atoms with E-state index >= 15 is 0 Å². The molecule has 7 rings (SSSR count). The molecule has 3 aliphatic rings. The minimum atomic E-state index is -4.45. The average molecular weight is 509 g/mol. The van der Waals surface area contributed by atoms with E-state index in [1.54, 1.807) is 23.6 Å². The molecule has 184 valence electrons. The molecule has 0 atom stereocenters. The third kappa shape index (κ3) is 3.63. The van der Waals surface area contributed by atoms with E-state index in [0.29, 0.717) is 5.69 Å². The Kier molecular flexibility index (Phi) is 4.83. The smallest absolute Gasteiger partial charge is 0.360 e. The van der Waals surface area contributed by atoms with Crippen molar-refractivity contribution in [3.05, 3.63) is 65.6 Å². The first-order valence-corrected chi connectivity index (χ1v) is 13.1. The van der Waals surface area contributed by atoms with Crippen molar-refractivity contribution in [1.82, 2.24) is 15.1 Å². The molecule has 36 heavy (non-hydrogen) atoms. The third-order valence-electron chi connectivity index (χ3n) is 7.68.